The van der Waals surface area contributed by atoms with Crippen LogP contribution in [-0.2, 0) is 109 Å². The van der Waals surface area contributed by atoms with E-state index in [1.807, 2.05) is 127 Å². The second kappa shape index (κ2) is 32.9. The molecule has 0 unspecified atom stereocenters. The van der Waals surface area contributed by atoms with Crippen LogP contribution in [0.2, 0.25) is 0 Å². The molecule has 4 aromatic rings. The maximum atomic E-state index is 5.07. The minimum absolute atomic E-state index is 0. The molecule has 0 N–H and O–H groups in total. The molecule has 4 aromatic carbocycles. The third-order valence-corrected chi connectivity index (χ3v) is 12.4. The van der Waals surface area contributed by atoms with E-state index >= 15 is 0 Å². The van der Waals surface area contributed by atoms with Crippen LogP contribution in [-0.4, -0.2) is 33.9 Å². The van der Waals surface area contributed by atoms with Crippen molar-refractivity contribution in [1.29, 1.82) is 0 Å². The van der Waals surface area contributed by atoms with Crippen molar-refractivity contribution < 1.29 is 59.7 Å². The van der Waals surface area contributed by atoms with Crippen LogP contribution in [0.5, 0.6) is 0 Å². The van der Waals surface area contributed by atoms with E-state index in [2.05, 4.69) is 10.6 Å². The van der Waals surface area contributed by atoms with Gasteiger partial charge < -0.3 is 93.7 Å². The predicted octanol–water partition coefficient (Wildman–Crippen LogP) is 8.86. The summed E-state index contributed by atoms with van der Waals surface area (Å²) >= 11 is 20.3. The molecule has 6 rings (SSSR count). The van der Waals surface area contributed by atoms with Crippen LogP contribution in [0.3, 0.4) is 0 Å². The predicted molar refractivity (Wildman–Crippen MR) is 198 cm³/mol. The summed E-state index contributed by atoms with van der Waals surface area (Å²) in [5, 5.41) is 10.0. The zero-order chi connectivity index (χ0) is 30.8. The molecule has 2 aliphatic heterocycles. The fourth-order valence-electron chi connectivity index (χ4n) is 3.05. The third-order valence-electron chi connectivity index (χ3n) is 5.30. The normalized spacial score (nSPS) is 12.6. The first-order chi connectivity index (χ1) is 20.3. The quantitative estimate of drug-likeness (QED) is 0.0887. The van der Waals surface area contributed by atoms with E-state index in [1.54, 1.807) is 20.4 Å². The molecule has 2 aliphatic rings. The monoisotopic (exact) mass is 844 g/mol. The van der Waals surface area contributed by atoms with E-state index in [4.69, 9.17) is 58.0 Å². The van der Waals surface area contributed by atoms with Gasteiger partial charge in [-0.25, -0.2) is 36.4 Å². The molecule has 4 nitrogen and oxygen atoms in total. The van der Waals surface area contributed by atoms with E-state index < -0.39 is 11.8 Å². The number of hydrogen-bond acceptors (Lipinski definition) is 6. The number of rotatable bonds is 4. The van der Waals surface area contributed by atoms with Crippen molar-refractivity contribution in [2.75, 3.05) is 33.9 Å². The molecule has 1 fully saturated rings. The topological polar surface area (TPSA) is 46.7 Å². The minimum Gasteiger partial charge on any atom is -0.745 e. The Kier molecular flexibility index (Phi) is 36.3. The van der Waals surface area contributed by atoms with Gasteiger partial charge in [-0.2, -0.15) is 42.6 Å². The van der Waals surface area contributed by atoms with Crippen LogP contribution >= 0.6 is 11.8 Å². The van der Waals surface area contributed by atoms with Crippen molar-refractivity contribution in [2.24, 2.45) is 0 Å². The van der Waals surface area contributed by atoms with Crippen LogP contribution in [0.1, 0.15) is 19.3 Å². The molecule has 0 aromatic heterocycles. The van der Waals surface area contributed by atoms with Crippen LogP contribution in [0.4, 0.5) is 0 Å². The molecular weight excluding hydrogens is 805 g/mol. The van der Waals surface area contributed by atoms with Gasteiger partial charge in [-0.15, -0.1) is 43.7 Å². The molecule has 2 heterocycles. The van der Waals surface area contributed by atoms with E-state index in [1.165, 1.54) is 19.3 Å². The van der Waals surface area contributed by atoms with Crippen LogP contribution in [0.25, 0.3) is 10.6 Å². The first kappa shape index (κ1) is 49.7. The standard InChI is InChI=1S/2C6H8OPS2.C5H10N.C5H6N.2C5H5.2Fe.Ni/c2*1-7-8(9,10)6-4-2-3-5-6;2*1-2-4-6-5-3-1;2*1-2-4-5-3-1;;;/h2*2-5H,1H3,(H,9,10);1-5H2;1-4H,5H2;2*1-5H;;;/q-5;5*-1;;;/p-2. The Hall–Kier alpha value is 0.352. The summed E-state index contributed by atoms with van der Waals surface area (Å²) in [6, 6.07) is 35.3. The Labute approximate surface area is 325 Å². The minimum atomic E-state index is -2.06. The van der Waals surface area contributed by atoms with E-state index in [0.29, 0.717) is 0 Å². The molecule has 0 radical (unpaired) electrons. The molecule has 0 amide bonds. The van der Waals surface area contributed by atoms with Gasteiger partial charge in [0.05, 0.1) is 14.2 Å². The van der Waals surface area contributed by atoms with E-state index in [0.717, 1.165) is 30.2 Å². The van der Waals surface area contributed by atoms with Crippen LogP contribution in [0, 0.1) is 0 Å². The summed E-state index contributed by atoms with van der Waals surface area (Å²) in [4.78, 5) is 0. The van der Waals surface area contributed by atoms with Crippen LogP contribution in [0.15, 0.2) is 134 Å². The summed E-state index contributed by atoms with van der Waals surface area (Å²) in [7, 11) is 3.14. The summed E-state index contributed by atoms with van der Waals surface area (Å²) in [5.41, 5.74) is 0. The van der Waals surface area contributed by atoms with Crippen molar-refractivity contribution >= 4 is 71.4 Å². The van der Waals surface area contributed by atoms with Crippen molar-refractivity contribution in [3.8, 4) is 0 Å². The number of piperidine rings is 1. The van der Waals surface area contributed by atoms with Crippen LogP contribution < -0.4 is 10.6 Å². The van der Waals surface area contributed by atoms with Gasteiger partial charge in [0.25, 0.3) is 0 Å². The van der Waals surface area contributed by atoms with Gasteiger partial charge in [-0.3, -0.25) is 10.4 Å². The van der Waals surface area contributed by atoms with E-state index in [-0.39, 0.29) is 50.6 Å². The molecule has 1 saturated heterocycles. The molecule has 45 heavy (non-hydrogen) atoms. The first-order valence-electron chi connectivity index (χ1n) is 13.5. The van der Waals surface area contributed by atoms with Gasteiger partial charge in [0, 0.05) is 50.6 Å². The van der Waals surface area contributed by atoms with E-state index in [9.17, 15) is 0 Å². The Morgan fingerprint density at radius 2 is 1.18 bits per heavy atom. The Morgan fingerprint density at radius 1 is 0.689 bits per heavy atom. The molecule has 0 bridgehead atoms. The summed E-state index contributed by atoms with van der Waals surface area (Å²) in [5.74, 6) is -4.12. The largest absolute Gasteiger partial charge is 0.745 e. The summed E-state index contributed by atoms with van der Waals surface area (Å²) < 4.78 is 10.0. The zero-order valence-corrected chi connectivity index (χ0v) is 33.5. The first-order valence-corrected chi connectivity index (χ1v) is 20.9. The Balaban J connectivity index is -0.000000474. The van der Waals surface area contributed by atoms with Gasteiger partial charge in [0.2, 0.25) is 0 Å². The molecule has 0 spiro atoms. The molecule has 0 atom stereocenters. The fraction of sp³-hybridized carbons (Fsp3) is 0.250. The molecule has 0 aliphatic carbocycles. The molecule has 262 valence electrons. The Morgan fingerprint density at radius 3 is 1.42 bits per heavy atom. The van der Waals surface area contributed by atoms with Crippen molar-refractivity contribution in [3.05, 3.63) is 144 Å². The fourth-order valence-corrected chi connectivity index (χ4v) is 6.01. The molecular formula is C32H40Fe2N2NiO2P2S4-12. The number of hydrogen-bond donors (Lipinski definition) is 0. The van der Waals surface area contributed by atoms with Crippen molar-refractivity contribution in [3.63, 3.8) is 0 Å². The average Bonchev–Trinajstić information content (AvgIpc) is 3.89. The van der Waals surface area contributed by atoms with Gasteiger partial charge in [0.15, 0.2) is 0 Å². The number of nitrogens with zero attached hydrogens (tertiary/aromatic N) is 2. The van der Waals surface area contributed by atoms with Gasteiger partial charge >= 0.3 is 0 Å². The smallest absolute Gasteiger partial charge is 0.0740 e. The third kappa shape index (κ3) is 26.9. The van der Waals surface area contributed by atoms with Gasteiger partial charge in [0.1, 0.15) is 0 Å². The second-order valence-electron chi connectivity index (χ2n) is 8.44. The van der Waals surface area contributed by atoms with Crippen molar-refractivity contribution in [1.82, 2.24) is 0 Å². The Bertz CT molecular complexity index is 998. The van der Waals surface area contributed by atoms with Gasteiger partial charge in [-0.05, 0) is 5.30 Å². The molecule has 13 heteroatoms. The average molecular weight is 845 g/mol. The maximum Gasteiger partial charge on any atom is 0.0740 e. The molecule has 0 saturated carbocycles. The second-order valence-corrected chi connectivity index (χ2v) is 19.7. The SMILES string of the molecule is C1=CC[N-]C=C1.C1CC[N-]CC1.CO[P+]([S-])([S-])[c-]1[cH-][cH-][cH-][cH-]1.CO[P+]([S-])([S-])[c-]1cccc1.[Fe].[Fe].[Ni].c1cc[cH-]c1.c1cc[cH-]c1. The summed E-state index contributed by atoms with van der Waals surface area (Å²) in [6.07, 6.45) is 11.8. The summed E-state index contributed by atoms with van der Waals surface area (Å²) in [6.45, 7) is 3.11. The zero-order valence-electron chi connectivity index (χ0n) is 25.2. The maximum absolute atomic E-state index is 5.07. The van der Waals surface area contributed by atoms with Gasteiger partial charge in [-0.1, -0.05) is 31.4 Å². The number of allylic oxidation sites excluding steroid dienone is 2. The van der Waals surface area contributed by atoms with Crippen molar-refractivity contribution in [2.45, 2.75) is 19.3 Å².